The van der Waals surface area contributed by atoms with Gasteiger partial charge in [-0.15, -0.1) is 12.4 Å². The zero-order valence-corrected chi connectivity index (χ0v) is 12.5. The fourth-order valence-electron chi connectivity index (χ4n) is 2.07. The number of nitrogens with one attached hydrogen (secondary N) is 1. The van der Waals surface area contributed by atoms with Crippen LogP contribution in [-0.2, 0) is 10.0 Å². The molecule has 1 saturated heterocycles. The number of hydrogen-bond acceptors (Lipinski definition) is 3. The maximum absolute atomic E-state index is 13.6. The molecule has 4 nitrogen and oxygen atoms in total. The van der Waals surface area contributed by atoms with Crippen molar-refractivity contribution in [2.45, 2.75) is 17.4 Å². The van der Waals surface area contributed by atoms with Gasteiger partial charge in [0.05, 0.1) is 0 Å². The predicted molar refractivity (Wildman–Crippen MR) is 69.7 cm³/mol. The first kappa shape index (κ1) is 18.1. The minimum atomic E-state index is -4.67. The van der Waals surface area contributed by atoms with E-state index in [0.29, 0.717) is 19.5 Å². The van der Waals surface area contributed by atoms with E-state index < -0.39 is 44.2 Å². The molecule has 120 valence electrons. The molecule has 0 amide bonds. The average Bonchev–Trinajstić information content (AvgIpc) is 2.89. The first-order valence-corrected chi connectivity index (χ1v) is 7.22. The summed E-state index contributed by atoms with van der Waals surface area (Å²) >= 11 is 0. The van der Waals surface area contributed by atoms with Crippen LogP contribution in [-0.4, -0.2) is 38.9 Å². The maximum Gasteiger partial charge on any atom is 0.249 e. The Balaban J connectivity index is 0.00000220. The van der Waals surface area contributed by atoms with Crippen LogP contribution in [0.4, 0.5) is 17.6 Å². The summed E-state index contributed by atoms with van der Waals surface area (Å²) in [7, 11) is -3.55. The van der Waals surface area contributed by atoms with E-state index in [0.717, 1.165) is 11.4 Å². The van der Waals surface area contributed by atoms with Gasteiger partial charge in [-0.05, 0) is 13.0 Å². The van der Waals surface area contributed by atoms with E-state index in [2.05, 4.69) is 5.32 Å². The van der Waals surface area contributed by atoms with Crippen molar-refractivity contribution in [2.24, 2.45) is 0 Å². The summed E-state index contributed by atoms with van der Waals surface area (Å²) in [5.74, 6) is -7.33. The highest BCUT2D eigenvalue weighted by molar-refractivity contribution is 7.89. The lowest BCUT2D eigenvalue weighted by atomic mass is 10.3. The number of nitrogens with zero attached hydrogens (tertiary/aromatic N) is 1. The quantitative estimate of drug-likeness (QED) is 0.667. The van der Waals surface area contributed by atoms with E-state index in [1.807, 2.05) is 0 Å². The van der Waals surface area contributed by atoms with Crippen molar-refractivity contribution in [2.75, 3.05) is 20.1 Å². The third-order valence-corrected chi connectivity index (χ3v) is 5.19. The fraction of sp³-hybridized carbons (Fsp3) is 0.455. The molecule has 1 atom stereocenters. The van der Waals surface area contributed by atoms with Crippen LogP contribution < -0.4 is 5.32 Å². The molecule has 21 heavy (non-hydrogen) atoms. The van der Waals surface area contributed by atoms with E-state index >= 15 is 0 Å². The van der Waals surface area contributed by atoms with Crippen molar-refractivity contribution in [3.63, 3.8) is 0 Å². The minimum absolute atomic E-state index is 0. The second kappa shape index (κ2) is 6.47. The largest absolute Gasteiger partial charge is 0.315 e. The second-order valence-corrected chi connectivity index (χ2v) is 6.40. The van der Waals surface area contributed by atoms with Crippen LogP contribution in [0.2, 0.25) is 0 Å². The van der Waals surface area contributed by atoms with E-state index in [4.69, 9.17) is 0 Å². The molecule has 0 aliphatic carbocycles. The number of rotatable bonds is 3. The molecule has 1 aromatic rings. The molecule has 0 bridgehead atoms. The summed E-state index contributed by atoms with van der Waals surface area (Å²) in [6.07, 6.45) is 0.441. The summed E-state index contributed by atoms with van der Waals surface area (Å²) in [5, 5.41) is 2.89. The number of benzene rings is 1. The Morgan fingerprint density at radius 3 is 2.14 bits per heavy atom. The summed E-state index contributed by atoms with van der Waals surface area (Å²) in [6, 6.07) is -0.550. The van der Waals surface area contributed by atoms with Gasteiger partial charge in [0.25, 0.3) is 0 Å². The van der Waals surface area contributed by atoms with Gasteiger partial charge in [0.2, 0.25) is 10.0 Å². The molecule has 10 heteroatoms. The number of sulfonamides is 1. The lowest BCUT2D eigenvalue weighted by molar-refractivity contribution is 0.370. The molecule has 1 unspecified atom stereocenters. The average molecular weight is 349 g/mol. The maximum atomic E-state index is 13.6. The third kappa shape index (κ3) is 3.15. The summed E-state index contributed by atoms with van der Waals surface area (Å²) in [4.78, 5) is -1.59. The van der Waals surface area contributed by atoms with Crippen LogP contribution in [0, 0.1) is 23.3 Å². The first-order chi connectivity index (χ1) is 9.26. The fourth-order valence-corrected chi connectivity index (χ4v) is 3.58. The Bertz CT molecular complexity index is 609. The Kier molecular flexibility index (Phi) is 5.59. The van der Waals surface area contributed by atoms with Crippen molar-refractivity contribution in [3.8, 4) is 0 Å². The molecule has 0 spiro atoms. The normalized spacial score (nSPS) is 18.9. The molecule has 1 N–H and O–H groups in total. The van der Waals surface area contributed by atoms with Gasteiger partial charge in [-0.25, -0.2) is 26.0 Å². The molecule has 1 heterocycles. The third-order valence-electron chi connectivity index (χ3n) is 3.26. The second-order valence-electron chi connectivity index (χ2n) is 4.47. The molecular weight excluding hydrogens is 336 g/mol. The zero-order chi connectivity index (χ0) is 15.1. The van der Waals surface area contributed by atoms with E-state index in [1.54, 1.807) is 0 Å². The predicted octanol–water partition coefficient (Wildman–Crippen LogP) is 1.65. The topological polar surface area (TPSA) is 49.4 Å². The van der Waals surface area contributed by atoms with Gasteiger partial charge in [0.1, 0.15) is 0 Å². The Labute approximate surface area is 125 Å². The summed E-state index contributed by atoms with van der Waals surface area (Å²) < 4.78 is 78.4. The minimum Gasteiger partial charge on any atom is -0.315 e. The summed E-state index contributed by atoms with van der Waals surface area (Å²) in [6.45, 7) is 0.851. The lowest BCUT2D eigenvalue weighted by Gasteiger charge is -2.23. The Hall–Kier alpha value is -0.900. The molecule has 0 radical (unpaired) electrons. The van der Waals surface area contributed by atoms with Gasteiger partial charge >= 0.3 is 0 Å². The van der Waals surface area contributed by atoms with Crippen molar-refractivity contribution < 1.29 is 26.0 Å². The first-order valence-electron chi connectivity index (χ1n) is 5.78. The molecule has 1 aliphatic heterocycles. The van der Waals surface area contributed by atoms with Crippen molar-refractivity contribution in [1.29, 1.82) is 0 Å². The van der Waals surface area contributed by atoms with Gasteiger partial charge < -0.3 is 5.32 Å². The van der Waals surface area contributed by atoms with Gasteiger partial charge in [0.15, 0.2) is 28.2 Å². The number of likely N-dealkylation sites (N-methyl/N-ethyl adjacent to an activating group) is 1. The highest BCUT2D eigenvalue weighted by Gasteiger charge is 2.36. The van der Waals surface area contributed by atoms with Crippen molar-refractivity contribution in [1.82, 2.24) is 9.62 Å². The monoisotopic (exact) mass is 348 g/mol. The van der Waals surface area contributed by atoms with Crippen LogP contribution in [0.15, 0.2) is 11.0 Å². The molecule has 0 saturated carbocycles. The van der Waals surface area contributed by atoms with Crippen LogP contribution in [0.1, 0.15) is 6.42 Å². The van der Waals surface area contributed by atoms with Gasteiger partial charge in [0, 0.05) is 25.7 Å². The zero-order valence-electron chi connectivity index (χ0n) is 10.9. The van der Waals surface area contributed by atoms with Crippen LogP contribution >= 0.6 is 12.4 Å². The standard InChI is InChI=1S/C11H12F4N2O2S.ClH/c1-17(6-2-3-16-5-6)20(18,19)11-9(14)7(12)4-8(13)10(11)15;/h4,6,16H,2-3,5H2,1H3;1H. The molecule has 2 rings (SSSR count). The Morgan fingerprint density at radius 1 is 1.19 bits per heavy atom. The molecule has 1 aliphatic rings. The van der Waals surface area contributed by atoms with Crippen molar-refractivity contribution >= 4 is 22.4 Å². The van der Waals surface area contributed by atoms with Gasteiger partial charge in [-0.2, -0.15) is 4.31 Å². The number of halogens is 5. The smallest absolute Gasteiger partial charge is 0.249 e. The molecule has 1 fully saturated rings. The van der Waals surface area contributed by atoms with Crippen LogP contribution in [0.3, 0.4) is 0 Å². The van der Waals surface area contributed by atoms with E-state index in [9.17, 15) is 26.0 Å². The SMILES string of the molecule is CN(C1CCNC1)S(=O)(=O)c1c(F)c(F)cc(F)c1F.Cl. The molecule has 1 aromatic carbocycles. The van der Waals surface area contributed by atoms with E-state index in [-0.39, 0.29) is 18.5 Å². The molecule has 0 aromatic heterocycles. The van der Waals surface area contributed by atoms with Crippen molar-refractivity contribution in [3.05, 3.63) is 29.3 Å². The van der Waals surface area contributed by atoms with E-state index in [1.165, 1.54) is 0 Å². The van der Waals surface area contributed by atoms with Gasteiger partial charge in [-0.3, -0.25) is 0 Å². The van der Waals surface area contributed by atoms with Crippen LogP contribution in [0.5, 0.6) is 0 Å². The Morgan fingerprint density at radius 2 is 1.71 bits per heavy atom. The highest BCUT2D eigenvalue weighted by Crippen LogP contribution is 2.27. The lowest BCUT2D eigenvalue weighted by Crippen LogP contribution is -2.39. The molecular formula is C11H13ClF4N2O2S. The number of hydrogen-bond donors (Lipinski definition) is 1. The van der Waals surface area contributed by atoms with Crippen LogP contribution in [0.25, 0.3) is 0 Å². The highest BCUT2D eigenvalue weighted by atomic mass is 35.5. The summed E-state index contributed by atoms with van der Waals surface area (Å²) in [5.41, 5.74) is 0. The van der Waals surface area contributed by atoms with Gasteiger partial charge in [-0.1, -0.05) is 0 Å².